The fourth-order valence-corrected chi connectivity index (χ4v) is 2.96. The maximum atomic E-state index is 12.1. The van der Waals surface area contributed by atoms with E-state index in [1.54, 1.807) is 0 Å². The van der Waals surface area contributed by atoms with E-state index in [0.717, 1.165) is 0 Å². The normalized spacial score (nSPS) is 13.6. The molecule has 0 aromatic heterocycles. The monoisotopic (exact) mass is 317 g/mol. The zero-order valence-corrected chi connectivity index (χ0v) is 10.8. The summed E-state index contributed by atoms with van der Waals surface area (Å²) in [5, 5.41) is 0. The first-order valence-corrected chi connectivity index (χ1v) is 7.11. The summed E-state index contributed by atoms with van der Waals surface area (Å²) in [7, 11) is -4.13. The molecular weight excluding hydrogens is 305 g/mol. The van der Waals surface area contributed by atoms with Crippen LogP contribution in [-0.2, 0) is 10.0 Å². The van der Waals surface area contributed by atoms with E-state index in [1.165, 1.54) is 0 Å². The van der Waals surface area contributed by atoms with Crippen molar-refractivity contribution >= 4 is 21.6 Å². The molecule has 0 N–H and O–H groups in total. The SMILES string of the molecule is O=S(=O)(CCCC(F)(F)F)N(CCCl)CC(F)F. The molecule has 0 aliphatic carbocycles. The summed E-state index contributed by atoms with van der Waals surface area (Å²) in [6, 6.07) is 0. The lowest BCUT2D eigenvalue weighted by Gasteiger charge is -2.20. The minimum atomic E-state index is -4.46. The predicted molar refractivity (Wildman–Crippen MR) is 57.4 cm³/mol. The fourth-order valence-electron chi connectivity index (χ4n) is 1.18. The third-order valence-electron chi connectivity index (χ3n) is 1.93. The highest BCUT2D eigenvalue weighted by molar-refractivity contribution is 7.89. The number of hydrogen-bond acceptors (Lipinski definition) is 2. The molecule has 0 saturated heterocycles. The zero-order valence-electron chi connectivity index (χ0n) is 9.26. The Kier molecular flexibility index (Phi) is 7.38. The molecule has 110 valence electrons. The topological polar surface area (TPSA) is 37.4 Å². The van der Waals surface area contributed by atoms with Gasteiger partial charge in [-0.15, -0.1) is 11.6 Å². The molecule has 0 saturated carbocycles. The number of alkyl halides is 6. The Balaban J connectivity index is 4.46. The van der Waals surface area contributed by atoms with E-state index >= 15 is 0 Å². The summed E-state index contributed by atoms with van der Waals surface area (Å²) >= 11 is 5.26. The highest BCUT2D eigenvalue weighted by Gasteiger charge is 2.29. The van der Waals surface area contributed by atoms with E-state index in [9.17, 15) is 30.4 Å². The fraction of sp³-hybridized carbons (Fsp3) is 1.00. The van der Waals surface area contributed by atoms with Crippen molar-refractivity contribution in [1.29, 1.82) is 0 Å². The van der Waals surface area contributed by atoms with Crippen molar-refractivity contribution in [2.24, 2.45) is 0 Å². The average Bonchev–Trinajstić information content (AvgIpc) is 2.13. The number of nitrogens with zero attached hydrogens (tertiary/aromatic N) is 1. The zero-order chi connectivity index (χ0) is 14.4. The lowest BCUT2D eigenvalue weighted by Crippen LogP contribution is -2.38. The van der Waals surface area contributed by atoms with Crippen molar-refractivity contribution in [3.8, 4) is 0 Å². The van der Waals surface area contributed by atoms with Crippen molar-refractivity contribution in [3.05, 3.63) is 0 Å². The van der Waals surface area contributed by atoms with Crippen LogP contribution in [0.3, 0.4) is 0 Å². The number of hydrogen-bond donors (Lipinski definition) is 0. The standard InChI is InChI=1S/C8H13ClF5NO2S/c9-3-4-15(6-7(10)11)18(16,17)5-1-2-8(12,13)14/h7H,1-6H2. The summed E-state index contributed by atoms with van der Waals surface area (Å²) in [5.74, 6) is -1.03. The van der Waals surface area contributed by atoms with Crippen LogP contribution in [0.4, 0.5) is 22.0 Å². The smallest absolute Gasteiger partial charge is 0.212 e. The van der Waals surface area contributed by atoms with Gasteiger partial charge in [-0.2, -0.15) is 17.5 Å². The molecule has 0 heterocycles. The van der Waals surface area contributed by atoms with Crippen molar-refractivity contribution in [3.63, 3.8) is 0 Å². The Labute approximate surface area is 107 Å². The van der Waals surface area contributed by atoms with E-state index in [1.807, 2.05) is 0 Å². The third kappa shape index (κ3) is 8.04. The average molecular weight is 318 g/mol. The van der Waals surface area contributed by atoms with Crippen LogP contribution in [0.5, 0.6) is 0 Å². The van der Waals surface area contributed by atoms with E-state index in [2.05, 4.69) is 0 Å². The summed E-state index contributed by atoms with van der Waals surface area (Å²) in [4.78, 5) is 0. The van der Waals surface area contributed by atoms with E-state index in [0.29, 0.717) is 4.31 Å². The van der Waals surface area contributed by atoms with Crippen LogP contribution in [0.25, 0.3) is 0 Å². The third-order valence-corrected chi connectivity index (χ3v) is 4.02. The minimum absolute atomic E-state index is 0.203. The summed E-state index contributed by atoms with van der Waals surface area (Å²) in [5.41, 5.74) is 0. The van der Waals surface area contributed by atoms with Gasteiger partial charge in [0.15, 0.2) is 0 Å². The Morgan fingerprint density at radius 1 is 1.22 bits per heavy atom. The Morgan fingerprint density at radius 2 is 1.78 bits per heavy atom. The summed E-state index contributed by atoms with van der Waals surface area (Å²) in [6.45, 7) is -1.40. The summed E-state index contributed by atoms with van der Waals surface area (Å²) < 4.78 is 83.2. The van der Waals surface area contributed by atoms with Crippen LogP contribution in [0.2, 0.25) is 0 Å². The molecule has 0 fully saturated rings. The van der Waals surface area contributed by atoms with Crippen LogP contribution < -0.4 is 0 Å². The highest BCUT2D eigenvalue weighted by atomic mass is 35.5. The second kappa shape index (κ2) is 7.44. The van der Waals surface area contributed by atoms with Crippen LogP contribution >= 0.6 is 11.6 Å². The van der Waals surface area contributed by atoms with Crippen LogP contribution in [0.1, 0.15) is 12.8 Å². The van der Waals surface area contributed by atoms with Crippen LogP contribution in [0.15, 0.2) is 0 Å². The molecule has 0 atom stereocenters. The van der Waals surface area contributed by atoms with Crippen molar-refractivity contribution in [2.75, 3.05) is 24.7 Å². The molecule has 0 bridgehead atoms. The molecule has 0 amide bonds. The number of sulfonamides is 1. The van der Waals surface area contributed by atoms with E-state index in [4.69, 9.17) is 11.6 Å². The quantitative estimate of drug-likeness (QED) is 0.509. The predicted octanol–water partition coefficient (Wildman–Crippen LogP) is 2.46. The largest absolute Gasteiger partial charge is 0.389 e. The second-order valence-corrected chi connectivity index (χ2v) is 5.94. The van der Waals surface area contributed by atoms with Gasteiger partial charge in [0.1, 0.15) is 0 Å². The first-order valence-electron chi connectivity index (χ1n) is 4.97. The number of halogens is 6. The first kappa shape index (κ1) is 17.8. The highest BCUT2D eigenvalue weighted by Crippen LogP contribution is 2.22. The van der Waals surface area contributed by atoms with Crippen molar-refractivity contribution in [1.82, 2.24) is 4.31 Å². The first-order chi connectivity index (χ1) is 8.08. The van der Waals surface area contributed by atoms with Crippen molar-refractivity contribution in [2.45, 2.75) is 25.4 Å². The molecular formula is C8H13ClF5NO2S. The molecule has 10 heteroatoms. The van der Waals surface area contributed by atoms with Gasteiger partial charge >= 0.3 is 6.18 Å². The molecule has 0 aliphatic heterocycles. The van der Waals surface area contributed by atoms with Gasteiger partial charge in [-0.3, -0.25) is 0 Å². The molecule has 0 rings (SSSR count). The molecule has 0 radical (unpaired) electrons. The van der Waals surface area contributed by atoms with Crippen molar-refractivity contribution < 1.29 is 30.4 Å². The van der Waals surface area contributed by atoms with Gasteiger partial charge in [-0.1, -0.05) is 0 Å². The molecule has 0 aromatic rings. The van der Waals surface area contributed by atoms with Gasteiger partial charge in [-0.05, 0) is 6.42 Å². The lowest BCUT2D eigenvalue weighted by molar-refractivity contribution is -0.134. The maximum absolute atomic E-state index is 12.1. The molecule has 0 spiro atoms. The summed E-state index contributed by atoms with van der Waals surface area (Å²) in [6.07, 6.45) is -9.29. The Hall–Kier alpha value is -0.150. The molecule has 0 unspecified atom stereocenters. The minimum Gasteiger partial charge on any atom is -0.212 e. The van der Waals surface area contributed by atoms with Gasteiger partial charge in [0.05, 0.1) is 12.3 Å². The number of rotatable bonds is 8. The van der Waals surface area contributed by atoms with Crippen LogP contribution in [0, 0.1) is 0 Å². The van der Waals surface area contributed by atoms with Crippen LogP contribution in [-0.4, -0.2) is 50.0 Å². The van der Waals surface area contributed by atoms with Gasteiger partial charge in [0.25, 0.3) is 6.43 Å². The van der Waals surface area contributed by atoms with Gasteiger partial charge in [0.2, 0.25) is 10.0 Å². The van der Waals surface area contributed by atoms with Gasteiger partial charge in [0, 0.05) is 18.8 Å². The maximum Gasteiger partial charge on any atom is 0.389 e. The molecule has 0 aliphatic rings. The molecule has 18 heavy (non-hydrogen) atoms. The van der Waals surface area contributed by atoms with E-state index < -0.39 is 47.8 Å². The second-order valence-electron chi connectivity index (χ2n) is 3.47. The van der Waals surface area contributed by atoms with E-state index in [-0.39, 0.29) is 12.4 Å². The molecule has 0 aromatic carbocycles. The lowest BCUT2D eigenvalue weighted by atomic mass is 10.3. The Morgan fingerprint density at radius 3 is 2.17 bits per heavy atom. The Bertz CT molecular complexity index is 333. The van der Waals surface area contributed by atoms with Gasteiger partial charge in [-0.25, -0.2) is 17.2 Å². The molecule has 3 nitrogen and oxygen atoms in total. The van der Waals surface area contributed by atoms with Gasteiger partial charge < -0.3 is 0 Å².